The molecule has 0 spiro atoms. The molecule has 1 saturated heterocycles. The first-order valence-corrected chi connectivity index (χ1v) is 14.7. The van der Waals surface area contributed by atoms with E-state index in [0.29, 0.717) is 55.2 Å². The zero-order valence-corrected chi connectivity index (χ0v) is 23.9. The molecule has 0 radical (unpaired) electrons. The predicted octanol–water partition coefficient (Wildman–Crippen LogP) is 2.51. The Labute approximate surface area is 248 Å². The van der Waals surface area contributed by atoms with Gasteiger partial charge < -0.3 is 20.4 Å². The number of nitroso groups, excluding NO2 is 1. The second-order valence-corrected chi connectivity index (χ2v) is 11.4. The largest absolute Gasteiger partial charge is 0.383 e. The number of hydrogen-bond donors (Lipinski definition) is 2. The Balaban J connectivity index is 1.06. The average Bonchev–Trinajstić information content (AvgIpc) is 3.87. The molecule has 2 fully saturated rings. The Morgan fingerprint density at radius 2 is 1.63 bits per heavy atom. The maximum atomic E-state index is 15.4. The SMILES string of the molecule is CNC1=C(NCCCN2CCN(c3cc4c(cc3F)C(=O)C(C(=O)N=O)CN4C3CC3)CC2)C(=O)c2ccccc2C1=O. The minimum atomic E-state index is -1.19. The third-order valence-corrected chi connectivity index (χ3v) is 8.75. The molecule has 2 aromatic carbocycles. The number of nitrogens with one attached hydrogen (secondary N) is 2. The smallest absolute Gasteiger partial charge is 0.298 e. The number of likely N-dealkylation sites (N-methyl/N-ethyl adjacent to an activating group) is 1. The summed E-state index contributed by atoms with van der Waals surface area (Å²) in [4.78, 5) is 67.9. The van der Waals surface area contributed by atoms with Gasteiger partial charge in [0.25, 0.3) is 5.91 Å². The number of halogens is 1. The van der Waals surface area contributed by atoms with E-state index < -0.39 is 23.4 Å². The summed E-state index contributed by atoms with van der Waals surface area (Å²) >= 11 is 0. The second-order valence-electron chi connectivity index (χ2n) is 11.4. The summed E-state index contributed by atoms with van der Waals surface area (Å²) in [5.74, 6) is -3.70. The van der Waals surface area contributed by atoms with Crippen molar-refractivity contribution in [2.75, 3.05) is 62.7 Å². The van der Waals surface area contributed by atoms with E-state index >= 15 is 4.39 Å². The van der Waals surface area contributed by atoms with Gasteiger partial charge in [0.15, 0.2) is 5.78 Å². The molecule has 0 aromatic heterocycles. The molecular formula is C31H33FN6O5. The number of anilines is 2. The number of rotatable bonds is 9. The number of piperazine rings is 1. The lowest BCUT2D eigenvalue weighted by Gasteiger charge is -2.38. The molecule has 2 aromatic rings. The number of fused-ring (bicyclic) bond motifs is 2. The molecule has 2 aliphatic carbocycles. The lowest BCUT2D eigenvalue weighted by atomic mass is 9.89. The van der Waals surface area contributed by atoms with Gasteiger partial charge in [0.1, 0.15) is 23.1 Å². The summed E-state index contributed by atoms with van der Waals surface area (Å²) in [5, 5.41) is 8.52. The minimum Gasteiger partial charge on any atom is -0.383 e. The van der Waals surface area contributed by atoms with E-state index in [2.05, 4.69) is 20.7 Å². The maximum absolute atomic E-state index is 15.4. The molecule has 43 heavy (non-hydrogen) atoms. The number of hydrogen-bond acceptors (Lipinski definition) is 10. The number of amides is 1. The van der Waals surface area contributed by atoms with Crippen LogP contribution in [-0.2, 0) is 4.79 Å². The number of nitrogens with zero attached hydrogens (tertiary/aromatic N) is 4. The lowest BCUT2D eigenvalue weighted by molar-refractivity contribution is -0.120. The zero-order valence-electron chi connectivity index (χ0n) is 23.9. The summed E-state index contributed by atoms with van der Waals surface area (Å²) < 4.78 is 15.4. The molecule has 2 aliphatic heterocycles. The summed E-state index contributed by atoms with van der Waals surface area (Å²) in [5.41, 5.74) is 2.52. The molecule has 0 bridgehead atoms. The molecule has 11 nitrogen and oxygen atoms in total. The van der Waals surface area contributed by atoms with Gasteiger partial charge in [0.2, 0.25) is 11.6 Å². The predicted molar refractivity (Wildman–Crippen MR) is 158 cm³/mol. The van der Waals surface area contributed by atoms with Crippen LogP contribution in [0.2, 0.25) is 0 Å². The van der Waals surface area contributed by atoms with Crippen LogP contribution in [0.5, 0.6) is 0 Å². The van der Waals surface area contributed by atoms with Gasteiger partial charge in [-0.15, -0.1) is 4.91 Å². The Morgan fingerprint density at radius 1 is 0.953 bits per heavy atom. The van der Waals surface area contributed by atoms with Crippen LogP contribution in [0.25, 0.3) is 0 Å². The molecule has 4 aliphatic rings. The van der Waals surface area contributed by atoms with Gasteiger partial charge in [-0.05, 0) is 37.9 Å². The maximum Gasteiger partial charge on any atom is 0.298 e. The first kappa shape index (κ1) is 28.7. The van der Waals surface area contributed by atoms with Crippen molar-refractivity contribution in [3.05, 3.63) is 75.2 Å². The van der Waals surface area contributed by atoms with Crippen LogP contribution in [0.15, 0.2) is 53.0 Å². The van der Waals surface area contributed by atoms with E-state index in [-0.39, 0.29) is 41.1 Å². The standard InChI is InChI=1S/C31H33FN6O5/c1-33-26-27(30(41)20-6-3-2-5-19(20)29(26)40)34-9-4-10-36-11-13-37(14-12-36)25-16-24-21(15-23(25)32)28(39)22(31(42)35-43)17-38(24)18-7-8-18/h2-3,5-6,15-16,18,22,33-34H,4,7-14,17H2,1H3. The van der Waals surface area contributed by atoms with Crippen LogP contribution in [0.3, 0.4) is 0 Å². The van der Waals surface area contributed by atoms with E-state index in [1.807, 2.05) is 9.80 Å². The van der Waals surface area contributed by atoms with Gasteiger partial charge in [0.05, 0.1) is 11.4 Å². The van der Waals surface area contributed by atoms with Crippen molar-refractivity contribution >= 4 is 34.6 Å². The van der Waals surface area contributed by atoms with Crippen molar-refractivity contribution in [1.82, 2.24) is 15.5 Å². The highest BCUT2D eigenvalue weighted by atomic mass is 19.1. The molecule has 1 atom stereocenters. The summed E-state index contributed by atoms with van der Waals surface area (Å²) in [7, 11) is 1.63. The Hall–Kier alpha value is -4.45. The molecule has 1 amide bonds. The van der Waals surface area contributed by atoms with E-state index in [1.165, 1.54) is 6.07 Å². The number of carbonyl (C=O) groups is 4. The van der Waals surface area contributed by atoms with Crippen molar-refractivity contribution in [1.29, 1.82) is 0 Å². The van der Waals surface area contributed by atoms with Crippen LogP contribution in [-0.4, -0.2) is 87.1 Å². The Bertz CT molecular complexity index is 1550. The number of Topliss-reactive ketones (excluding diaryl/α,β-unsaturated/α-hetero) is 3. The highest BCUT2D eigenvalue weighted by molar-refractivity contribution is 6.26. The first-order chi connectivity index (χ1) is 20.8. The van der Waals surface area contributed by atoms with Crippen molar-refractivity contribution < 1.29 is 23.6 Å². The van der Waals surface area contributed by atoms with Gasteiger partial charge in [-0.1, -0.05) is 24.3 Å². The molecule has 6 rings (SSSR count). The molecular weight excluding hydrogens is 555 g/mol. The molecule has 2 heterocycles. The molecule has 224 valence electrons. The normalized spacial score (nSPS) is 20.6. The summed E-state index contributed by atoms with van der Waals surface area (Å²) in [6, 6.07) is 9.89. The van der Waals surface area contributed by atoms with E-state index in [1.54, 1.807) is 37.4 Å². The molecule has 12 heteroatoms. The van der Waals surface area contributed by atoms with E-state index in [9.17, 15) is 24.1 Å². The Morgan fingerprint density at radius 3 is 2.26 bits per heavy atom. The van der Waals surface area contributed by atoms with Gasteiger partial charge in [-0.3, -0.25) is 24.1 Å². The van der Waals surface area contributed by atoms with Gasteiger partial charge in [-0.2, -0.15) is 0 Å². The zero-order chi connectivity index (χ0) is 30.2. The summed E-state index contributed by atoms with van der Waals surface area (Å²) in [6.45, 7) is 3.96. The fourth-order valence-corrected chi connectivity index (χ4v) is 6.29. The van der Waals surface area contributed by atoms with Crippen LogP contribution in [0, 0.1) is 16.6 Å². The number of benzene rings is 2. The lowest BCUT2D eigenvalue weighted by Crippen LogP contribution is -2.48. The van der Waals surface area contributed by atoms with Crippen molar-refractivity contribution in [2.24, 2.45) is 11.1 Å². The number of carbonyl (C=O) groups excluding carboxylic acids is 4. The van der Waals surface area contributed by atoms with Crippen LogP contribution >= 0.6 is 0 Å². The second kappa shape index (κ2) is 11.7. The van der Waals surface area contributed by atoms with Crippen molar-refractivity contribution in [3.63, 3.8) is 0 Å². The molecule has 1 unspecified atom stereocenters. The highest BCUT2D eigenvalue weighted by Crippen LogP contribution is 2.41. The third-order valence-electron chi connectivity index (χ3n) is 8.75. The fourth-order valence-electron chi connectivity index (χ4n) is 6.29. The van der Waals surface area contributed by atoms with Gasteiger partial charge in [-0.25, -0.2) is 4.39 Å². The van der Waals surface area contributed by atoms with Crippen LogP contribution in [0.1, 0.15) is 50.3 Å². The van der Waals surface area contributed by atoms with E-state index in [4.69, 9.17) is 0 Å². The average molecular weight is 589 g/mol. The molecule has 1 saturated carbocycles. The number of allylic oxidation sites excluding steroid dienone is 2. The van der Waals surface area contributed by atoms with E-state index in [0.717, 1.165) is 25.8 Å². The highest BCUT2D eigenvalue weighted by Gasteiger charge is 2.43. The monoisotopic (exact) mass is 588 g/mol. The van der Waals surface area contributed by atoms with Crippen molar-refractivity contribution in [3.8, 4) is 0 Å². The van der Waals surface area contributed by atoms with Gasteiger partial charge >= 0.3 is 0 Å². The third kappa shape index (κ3) is 5.31. The van der Waals surface area contributed by atoms with Crippen molar-refractivity contribution in [2.45, 2.75) is 25.3 Å². The number of ketones is 3. The first-order valence-electron chi connectivity index (χ1n) is 14.7. The van der Waals surface area contributed by atoms with Crippen LogP contribution in [0.4, 0.5) is 15.8 Å². The fraction of sp³-hybridized carbons (Fsp3) is 0.419. The molecule has 2 N–H and O–H groups in total. The topological polar surface area (TPSA) is 131 Å². The minimum absolute atomic E-state index is 0.0902. The quantitative estimate of drug-likeness (QED) is 0.256. The van der Waals surface area contributed by atoms with Crippen LogP contribution < -0.4 is 20.4 Å². The van der Waals surface area contributed by atoms with Gasteiger partial charge in [0, 0.05) is 74.2 Å². The summed E-state index contributed by atoms with van der Waals surface area (Å²) in [6.07, 6.45) is 2.56. The Kier molecular flexibility index (Phi) is 7.78.